The minimum Gasteiger partial charge on any atom is -0.397 e. The highest BCUT2D eigenvalue weighted by atomic mass is 79.9. The van der Waals surface area contributed by atoms with Gasteiger partial charge in [0.25, 0.3) is 5.91 Å². The molecular weight excluding hydrogens is 396 g/mol. The Morgan fingerprint density at radius 1 is 1.10 bits per heavy atom. The Morgan fingerprint density at radius 3 is 2.19 bits per heavy atom. The first-order valence-electron chi connectivity index (χ1n) is 6.44. The Kier molecular flexibility index (Phi) is 4.74. The van der Waals surface area contributed by atoms with E-state index < -0.39 is 0 Å². The van der Waals surface area contributed by atoms with Crippen molar-refractivity contribution < 1.29 is 4.79 Å². The molecule has 0 aromatic heterocycles. The van der Waals surface area contributed by atoms with Crippen LogP contribution >= 0.6 is 31.9 Å². The van der Waals surface area contributed by atoms with E-state index in [2.05, 4.69) is 37.2 Å². The van der Waals surface area contributed by atoms with Crippen LogP contribution in [0.4, 0.5) is 11.4 Å². The quantitative estimate of drug-likeness (QED) is 0.685. The molecule has 1 amide bonds. The summed E-state index contributed by atoms with van der Waals surface area (Å²) in [5.74, 6) is -0.131. The summed E-state index contributed by atoms with van der Waals surface area (Å²) in [7, 11) is 0. The molecule has 3 N–H and O–H groups in total. The molecule has 110 valence electrons. The third-order valence-electron chi connectivity index (χ3n) is 3.40. The highest BCUT2D eigenvalue weighted by molar-refractivity contribution is 9.11. The van der Waals surface area contributed by atoms with Gasteiger partial charge in [-0.25, -0.2) is 0 Å². The van der Waals surface area contributed by atoms with Crippen molar-refractivity contribution >= 4 is 49.1 Å². The molecule has 0 heterocycles. The lowest BCUT2D eigenvalue weighted by molar-refractivity contribution is 0.102. The molecular formula is C16H16Br2N2O. The predicted molar refractivity (Wildman–Crippen MR) is 94.9 cm³/mol. The molecule has 0 aliphatic carbocycles. The van der Waals surface area contributed by atoms with Gasteiger partial charge in [-0.2, -0.15) is 0 Å². The summed E-state index contributed by atoms with van der Waals surface area (Å²) in [6.45, 7) is 5.81. The molecule has 0 bridgehead atoms. The van der Waals surface area contributed by atoms with Crippen molar-refractivity contribution in [3.63, 3.8) is 0 Å². The summed E-state index contributed by atoms with van der Waals surface area (Å²) in [6.07, 6.45) is 0. The maximum absolute atomic E-state index is 12.4. The van der Waals surface area contributed by atoms with Crippen molar-refractivity contribution in [1.29, 1.82) is 0 Å². The fourth-order valence-electron chi connectivity index (χ4n) is 2.16. The number of anilines is 2. The van der Waals surface area contributed by atoms with Gasteiger partial charge in [0.2, 0.25) is 0 Å². The molecule has 0 aliphatic rings. The topological polar surface area (TPSA) is 55.1 Å². The summed E-state index contributed by atoms with van der Waals surface area (Å²) in [4.78, 5) is 12.4. The Bertz CT molecular complexity index is 697. The molecule has 0 unspecified atom stereocenters. The van der Waals surface area contributed by atoms with Gasteiger partial charge >= 0.3 is 0 Å². The van der Waals surface area contributed by atoms with E-state index in [1.807, 2.05) is 39.0 Å². The summed E-state index contributed by atoms with van der Waals surface area (Å²) >= 11 is 6.93. The van der Waals surface area contributed by atoms with E-state index in [0.717, 1.165) is 31.3 Å². The monoisotopic (exact) mass is 410 g/mol. The van der Waals surface area contributed by atoms with Gasteiger partial charge in [0, 0.05) is 20.2 Å². The standard InChI is InChI=1S/C16H16Br2N2O/c1-8-5-4-6-11(7-8)16(21)20-15-9(2)12(17)14(19)13(18)10(15)3/h4-7H,19H2,1-3H3,(H,20,21). The van der Waals surface area contributed by atoms with Gasteiger partial charge in [-0.15, -0.1) is 0 Å². The molecule has 0 aliphatic heterocycles. The number of nitrogen functional groups attached to an aromatic ring is 1. The Balaban J connectivity index is 2.43. The van der Waals surface area contributed by atoms with E-state index in [0.29, 0.717) is 11.3 Å². The van der Waals surface area contributed by atoms with E-state index in [1.165, 1.54) is 0 Å². The zero-order chi connectivity index (χ0) is 15.7. The van der Waals surface area contributed by atoms with Crippen LogP contribution in [0.1, 0.15) is 27.0 Å². The minimum absolute atomic E-state index is 0.131. The van der Waals surface area contributed by atoms with Gasteiger partial charge in [0.1, 0.15) is 0 Å². The van der Waals surface area contributed by atoms with E-state index in [-0.39, 0.29) is 5.91 Å². The van der Waals surface area contributed by atoms with Crippen LogP contribution in [0.25, 0.3) is 0 Å². The average molecular weight is 412 g/mol. The average Bonchev–Trinajstić information content (AvgIpc) is 2.47. The van der Waals surface area contributed by atoms with Crippen LogP contribution in [0, 0.1) is 20.8 Å². The molecule has 2 rings (SSSR count). The largest absolute Gasteiger partial charge is 0.397 e. The molecule has 0 atom stereocenters. The van der Waals surface area contributed by atoms with E-state index in [4.69, 9.17) is 5.73 Å². The second kappa shape index (κ2) is 6.20. The normalized spacial score (nSPS) is 10.5. The first-order chi connectivity index (χ1) is 9.82. The van der Waals surface area contributed by atoms with Crippen LogP contribution in [0.3, 0.4) is 0 Å². The van der Waals surface area contributed by atoms with Crippen molar-refractivity contribution in [2.75, 3.05) is 11.1 Å². The number of hydrogen-bond acceptors (Lipinski definition) is 2. The van der Waals surface area contributed by atoms with Gasteiger partial charge in [-0.3, -0.25) is 4.79 Å². The van der Waals surface area contributed by atoms with Crippen molar-refractivity contribution in [2.24, 2.45) is 0 Å². The lowest BCUT2D eigenvalue weighted by Gasteiger charge is -2.17. The molecule has 5 heteroatoms. The first kappa shape index (κ1) is 16.0. The SMILES string of the molecule is Cc1cccc(C(=O)Nc2c(C)c(Br)c(N)c(Br)c2C)c1. The van der Waals surface area contributed by atoms with Crippen molar-refractivity contribution in [3.05, 3.63) is 55.5 Å². The number of benzene rings is 2. The number of hydrogen-bond donors (Lipinski definition) is 2. The number of nitrogens with two attached hydrogens (primary N) is 1. The molecule has 0 radical (unpaired) electrons. The fraction of sp³-hybridized carbons (Fsp3) is 0.188. The maximum atomic E-state index is 12.4. The van der Waals surface area contributed by atoms with Crippen LogP contribution < -0.4 is 11.1 Å². The van der Waals surface area contributed by atoms with Gasteiger partial charge in [-0.05, 0) is 75.9 Å². The third-order valence-corrected chi connectivity index (χ3v) is 5.44. The maximum Gasteiger partial charge on any atom is 0.255 e. The summed E-state index contributed by atoms with van der Waals surface area (Å²) in [6, 6.07) is 7.50. The molecule has 0 spiro atoms. The van der Waals surface area contributed by atoms with Crippen LogP contribution in [0.5, 0.6) is 0 Å². The summed E-state index contributed by atoms with van der Waals surface area (Å²) in [5, 5.41) is 2.98. The predicted octanol–water partition coefficient (Wildman–Crippen LogP) is 4.97. The minimum atomic E-state index is -0.131. The number of carbonyl (C=O) groups is 1. The van der Waals surface area contributed by atoms with E-state index in [9.17, 15) is 4.79 Å². The zero-order valence-electron chi connectivity index (χ0n) is 12.1. The summed E-state index contributed by atoms with van der Waals surface area (Å²) < 4.78 is 1.58. The summed E-state index contributed by atoms with van der Waals surface area (Å²) in [5.41, 5.74) is 10.9. The van der Waals surface area contributed by atoms with Gasteiger partial charge in [-0.1, -0.05) is 17.7 Å². The smallest absolute Gasteiger partial charge is 0.255 e. The van der Waals surface area contributed by atoms with Gasteiger partial charge in [0.15, 0.2) is 0 Å². The lowest BCUT2D eigenvalue weighted by Crippen LogP contribution is -2.15. The van der Waals surface area contributed by atoms with Crippen LogP contribution in [0.2, 0.25) is 0 Å². The Labute approximate surface area is 141 Å². The number of carbonyl (C=O) groups excluding carboxylic acids is 1. The Morgan fingerprint density at radius 2 is 1.67 bits per heavy atom. The fourth-order valence-corrected chi connectivity index (χ4v) is 3.22. The lowest BCUT2D eigenvalue weighted by atomic mass is 10.1. The highest BCUT2D eigenvalue weighted by Crippen LogP contribution is 2.39. The molecule has 2 aromatic rings. The first-order valence-corrected chi connectivity index (χ1v) is 8.03. The van der Waals surface area contributed by atoms with E-state index in [1.54, 1.807) is 6.07 Å². The number of amides is 1. The van der Waals surface area contributed by atoms with Crippen LogP contribution in [0.15, 0.2) is 33.2 Å². The number of nitrogens with one attached hydrogen (secondary N) is 1. The molecule has 0 saturated heterocycles. The van der Waals surface area contributed by atoms with Gasteiger partial charge < -0.3 is 11.1 Å². The number of rotatable bonds is 2. The van der Waals surface area contributed by atoms with Crippen molar-refractivity contribution in [2.45, 2.75) is 20.8 Å². The van der Waals surface area contributed by atoms with Crippen LogP contribution in [-0.2, 0) is 0 Å². The van der Waals surface area contributed by atoms with Crippen LogP contribution in [-0.4, -0.2) is 5.91 Å². The molecule has 21 heavy (non-hydrogen) atoms. The Hall–Kier alpha value is -1.33. The number of aryl methyl sites for hydroxylation is 1. The third kappa shape index (κ3) is 3.14. The van der Waals surface area contributed by atoms with E-state index >= 15 is 0 Å². The van der Waals surface area contributed by atoms with Gasteiger partial charge in [0.05, 0.1) is 5.69 Å². The number of halogens is 2. The molecule has 3 nitrogen and oxygen atoms in total. The van der Waals surface area contributed by atoms with Crippen molar-refractivity contribution in [1.82, 2.24) is 0 Å². The zero-order valence-corrected chi connectivity index (χ0v) is 15.2. The van der Waals surface area contributed by atoms with Crippen molar-refractivity contribution in [3.8, 4) is 0 Å². The molecule has 0 saturated carbocycles. The highest BCUT2D eigenvalue weighted by Gasteiger charge is 2.17. The molecule has 0 fully saturated rings. The second-order valence-electron chi connectivity index (χ2n) is 4.99. The second-order valence-corrected chi connectivity index (χ2v) is 6.58. The molecule has 2 aromatic carbocycles.